The molecule has 1 aromatic heterocycles. The Kier molecular flexibility index (Phi) is 6.32. The lowest BCUT2D eigenvalue weighted by Crippen LogP contribution is -2.44. The molecule has 0 radical (unpaired) electrons. The van der Waals surface area contributed by atoms with E-state index in [0.717, 1.165) is 11.0 Å². The fraction of sp³-hybridized carbons (Fsp3) is 0.706. The normalized spacial score (nSPS) is 23.9. The summed E-state index contributed by atoms with van der Waals surface area (Å²) in [5, 5.41) is 3.14. The first-order valence-electron chi connectivity index (χ1n) is 8.44. The average molecular weight is 353 g/mol. The van der Waals surface area contributed by atoms with Crippen molar-refractivity contribution in [3.8, 4) is 0 Å². The molecule has 0 unspecified atom stereocenters. The number of carbonyl (C=O) groups is 1. The molecule has 1 fully saturated rings. The molecule has 7 heteroatoms. The maximum atomic E-state index is 12.2. The van der Waals surface area contributed by atoms with Crippen molar-refractivity contribution in [1.29, 1.82) is 0 Å². The van der Waals surface area contributed by atoms with Crippen molar-refractivity contribution >= 4 is 17.7 Å². The van der Waals surface area contributed by atoms with Crippen LogP contribution in [0.5, 0.6) is 0 Å². The van der Waals surface area contributed by atoms with Crippen molar-refractivity contribution in [2.45, 2.75) is 44.9 Å². The van der Waals surface area contributed by atoms with Crippen molar-refractivity contribution in [2.24, 2.45) is 25.9 Å². The lowest BCUT2D eigenvalue weighted by Gasteiger charge is -2.34. The molecule has 0 aliphatic heterocycles. The number of aromatic nitrogens is 2. The largest absolute Gasteiger partial charge is 0.352 e. The van der Waals surface area contributed by atoms with Gasteiger partial charge in [-0.1, -0.05) is 26.7 Å². The van der Waals surface area contributed by atoms with E-state index in [0.29, 0.717) is 29.0 Å². The summed E-state index contributed by atoms with van der Waals surface area (Å²) in [6.07, 6.45) is 3.45. The maximum absolute atomic E-state index is 12.2. The third-order valence-electron chi connectivity index (χ3n) is 5.16. The Morgan fingerprint density at radius 3 is 2.67 bits per heavy atom. The highest BCUT2D eigenvalue weighted by Crippen LogP contribution is 2.29. The van der Waals surface area contributed by atoms with Crippen LogP contribution in [0.25, 0.3) is 0 Å². The molecule has 1 amide bonds. The summed E-state index contributed by atoms with van der Waals surface area (Å²) < 4.78 is 2.53. The minimum atomic E-state index is -0.340. The van der Waals surface area contributed by atoms with Gasteiger partial charge in [-0.25, -0.2) is 4.79 Å². The number of amides is 1. The Labute approximate surface area is 146 Å². The zero-order valence-electron chi connectivity index (χ0n) is 14.9. The molecule has 1 aromatic rings. The Morgan fingerprint density at radius 1 is 1.25 bits per heavy atom. The summed E-state index contributed by atoms with van der Waals surface area (Å²) in [6.45, 7) is 4.45. The molecule has 0 bridgehead atoms. The van der Waals surface area contributed by atoms with Gasteiger partial charge >= 0.3 is 5.69 Å². The molecule has 1 aliphatic rings. The number of hydrogen-bond donors (Lipinski definition) is 1. The van der Waals surface area contributed by atoms with Crippen LogP contribution in [-0.4, -0.2) is 26.8 Å². The van der Waals surface area contributed by atoms with Crippen molar-refractivity contribution in [1.82, 2.24) is 14.5 Å². The average Bonchev–Trinajstić information content (AvgIpc) is 2.54. The van der Waals surface area contributed by atoms with Gasteiger partial charge in [-0.3, -0.25) is 18.7 Å². The van der Waals surface area contributed by atoms with E-state index < -0.39 is 0 Å². The van der Waals surface area contributed by atoms with Crippen LogP contribution in [0.1, 0.15) is 38.8 Å². The molecule has 1 aliphatic carbocycles. The lowest BCUT2D eigenvalue weighted by molar-refractivity contribution is -0.119. The standard InChI is InChI=1S/C17H27N3O3S/c1-11-6-5-7-14(12(11)2)18-15(21)10-24-9-13-8-16(22)20(4)17(23)19(13)3/h8,11-12,14H,5-7,9-10H2,1-4H3,(H,18,21)/t11-,12+,14+/m1/s1. The summed E-state index contributed by atoms with van der Waals surface area (Å²) in [7, 11) is 3.10. The number of carbonyl (C=O) groups excluding carboxylic acids is 1. The number of rotatable bonds is 5. The van der Waals surface area contributed by atoms with Crippen LogP contribution in [-0.2, 0) is 24.6 Å². The highest BCUT2D eigenvalue weighted by Gasteiger charge is 2.27. The van der Waals surface area contributed by atoms with E-state index in [1.807, 2.05) is 0 Å². The second-order valence-electron chi connectivity index (χ2n) is 6.81. The van der Waals surface area contributed by atoms with Gasteiger partial charge in [0.1, 0.15) is 0 Å². The van der Waals surface area contributed by atoms with Crippen molar-refractivity contribution < 1.29 is 4.79 Å². The summed E-state index contributed by atoms with van der Waals surface area (Å²) in [5.41, 5.74) is -0.0173. The predicted octanol–water partition coefficient (Wildman–Crippen LogP) is 1.26. The summed E-state index contributed by atoms with van der Waals surface area (Å²) >= 11 is 1.42. The summed E-state index contributed by atoms with van der Waals surface area (Å²) in [6, 6.07) is 1.72. The first kappa shape index (κ1) is 18.8. The molecular weight excluding hydrogens is 326 g/mol. The summed E-state index contributed by atoms with van der Waals surface area (Å²) in [4.78, 5) is 35.7. The minimum Gasteiger partial charge on any atom is -0.352 e. The molecule has 0 saturated heterocycles. The van der Waals surface area contributed by atoms with E-state index in [2.05, 4.69) is 19.2 Å². The van der Waals surface area contributed by atoms with Gasteiger partial charge in [-0.2, -0.15) is 0 Å². The van der Waals surface area contributed by atoms with Crippen LogP contribution in [0.15, 0.2) is 15.7 Å². The van der Waals surface area contributed by atoms with Gasteiger partial charge in [0.15, 0.2) is 0 Å². The highest BCUT2D eigenvalue weighted by atomic mass is 32.2. The van der Waals surface area contributed by atoms with Crippen LogP contribution in [0.3, 0.4) is 0 Å². The Morgan fingerprint density at radius 2 is 1.96 bits per heavy atom. The molecule has 3 atom stereocenters. The molecule has 0 spiro atoms. The van der Waals surface area contributed by atoms with Crippen molar-refractivity contribution in [3.63, 3.8) is 0 Å². The SMILES string of the molecule is C[C@H]1[C@H](C)CCC[C@@H]1NC(=O)CSCc1cc(=O)n(C)c(=O)n1C. The minimum absolute atomic E-state index is 0.0276. The second-order valence-corrected chi connectivity index (χ2v) is 7.79. The number of nitrogens with one attached hydrogen (secondary N) is 1. The maximum Gasteiger partial charge on any atom is 0.330 e. The first-order valence-corrected chi connectivity index (χ1v) is 9.59. The lowest BCUT2D eigenvalue weighted by atomic mass is 9.78. The van der Waals surface area contributed by atoms with Crippen molar-refractivity contribution in [2.75, 3.05) is 5.75 Å². The van der Waals surface area contributed by atoms with Crippen molar-refractivity contribution in [3.05, 3.63) is 32.6 Å². The molecule has 1 N–H and O–H groups in total. The van der Waals surface area contributed by atoms with E-state index >= 15 is 0 Å². The van der Waals surface area contributed by atoms with Gasteiger partial charge in [-0.05, 0) is 18.3 Å². The number of hydrogen-bond acceptors (Lipinski definition) is 4. The monoisotopic (exact) mass is 353 g/mol. The predicted molar refractivity (Wildman–Crippen MR) is 97.2 cm³/mol. The van der Waals surface area contributed by atoms with Gasteiger partial charge in [0.2, 0.25) is 5.91 Å². The van der Waals surface area contributed by atoms with Gasteiger partial charge in [0.25, 0.3) is 5.56 Å². The van der Waals surface area contributed by atoms with E-state index in [-0.39, 0.29) is 23.2 Å². The zero-order chi connectivity index (χ0) is 17.9. The van der Waals surface area contributed by atoms with Crippen LogP contribution in [0.4, 0.5) is 0 Å². The number of nitrogens with zero attached hydrogens (tertiary/aromatic N) is 2. The van der Waals surface area contributed by atoms with Crippen LogP contribution in [0.2, 0.25) is 0 Å². The van der Waals surface area contributed by atoms with Gasteiger partial charge in [-0.15, -0.1) is 11.8 Å². The topological polar surface area (TPSA) is 73.1 Å². The molecule has 6 nitrogen and oxygen atoms in total. The Bertz CT molecular complexity index is 710. The van der Waals surface area contributed by atoms with E-state index in [9.17, 15) is 14.4 Å². The van der Waals surface area contributed by atoms with E-state index in [1.54, 1.807) is 7.05 Å². The molecule has 0 aromatic carbocycles. The fourth-order valence-electron chi connectivity index (χ4n) is 3.20. The zero-order valence-corrected chi connectivity index (χ0v) is 15.7. The van der Waals surface area contributed by atoms with Crippen LogP contribution < -0.4 is 16.6 Å². The van der Waals surface area contributed by atoms with Crippen LogP contribution in [0, 0.1) is 11.8 Å². The number of thioether (sulfide) groups is 1. The molecule has 134 valence electrons. The molecule has 24 heavy (non-hydrogen) atoms. The van der Waals surface area contributed by atoms with Gasteiger partial charge in [0.05, 0.1) is 5.75 Å². The smallest absolute Gasteiger partial charge is 0.330 e. The Balaban J connectivity index is 1.87. The van der Waals surface area contributed by atoms with E-state index in [4.69, 9.17) is 0 Å². The first-order chi connectivity index (χ1) is 11.3. The second kappa shape index (κ2) is 8.05. The summed E-state index contributed by atoms with van der Waals surface area (Å²) in [5.74, 6) is 1.98. The van der Waals surface area contributed by atoms with Gasteiger partial charge in [0, 0.05) is 37.7 Å². The third-order valence-corrected chi connectivity index (χ3v) is 6.13. The molecule has 2 rings (SSSR count). The highest BCUT2D eigenvalue weighted by molar-refractivity contribution is 7.99. The van der Waals surface area contributed by atoms with Crippen LogP contribution >= 0.6 is 11.8 Å². The van der Waals surface area contributed by atoms with Gasteiger partial charge < -0.3 is 5.32 Å². The quantitative estimate of drug-likeness (QED) is 0.865. The molecular formula is C17H27N3O3S. The van der Waals surface area contributed by atoms with E-state index in [1.165, 1.54) is 42.3 Å². The fourth-order valence-corrected chi connectivity index (χ4v) is 4.06. The Hall–Kier alpha value is -1.50. The molecule has 1 saturated carbocycles. The third kappa shape index (κ3) is 4.32. The molecule has 1 heterocycles.